The normalized spacial score (nSPS) is 15.5. The number of hydrogen-bond acceptors (Lipinski definition) is 2. The van der Waals surface area contributed by atoms with Crippen molar-refractivity contribution in [1.82, 2.24) is 13.7 Å². The van der Waals surface area contributed by atoms with Crippen LogP contribution in [0, 0.1) is 6.92 Å². The summed E-state index contributed by atoms with van der Waals surface area (Å²) in [5, 5.41) is 12.9. The van der Waals surface area contributed by atoms with Gasteiger partial charge in [0, 0.05) is 35.2 Å². The third-order valence-electron chi connectivity index (χ3n) is 12.1. The Bertz CT molecular complexity index is 2260. The molecule has 0 saturated carbocycles. The summed E-state index contributed by atoms with van der Waals surface area (Å²) >= 11 is 0. The number of para-hydroxylation sites is 2. The maximum atomic E-state index is 14.4. The SMILES string of the molecule is CCCCCCCC[n+]1ccn(CCn2c(C)c(C3=C(O)C(=C4C(C)=[N+](CCn5cc[n+](CCCCCCCC)c5)c5ccccc54)C3=O)c3ccccc32)c1. The number of benzene rings is 2. The lowest BCUT2D eigenvalue weighted by molar-refractivity contribution is -0.697. The lowest BCUT2D eigenvalue weighted by atomic mass is 9.78. The van der Waals surface area contributed by atoms with Gasteiger partial charge in [0.15, 0.2) is 12.3 Å². The fourth-order valence-electron chi connectivity index (χ4n) is 8.92. The van der Waals surface area contributed by atoms with Gasteiger partial charge in [-0.25, -0.2) is 18.3 Å². The highest BCUT2D eigenvalue weighted by Gasteiger charge is 2.45. The van der Waals surface area contributed by atoms with E-state index in [9.17, 15) is 9.90 Å². The number of hydrogen-bond donors (Lipinski definition) is 1. The van der Waals surface area contributed by atoms with Crippen molar-refractivity contribution in [2.45, 2.75) is 137 Å². The van der Waals surface area contributed by atoms with Gasteiger partial charge in [-0.15, -0.1) is 0 Å². The van der Waals surface area contributed by atoms with E-state index in [-0.39, 0.29) is 11.5 Å². The fourth-order valence-corrected chi connectivity index (χ4v) is 8.92. The van der Waals surface area contributed by atoms with Crippen LogP contribution in [0.15, 0.2) is 97.3 Å². The largest absolute Gasteiger partial charge is 0.506 e. The van der Waals surface area contributed by atoms with Crippen LogP contribution in [0.4, 0.5) is 5.69 Å². The quantitative estimate of drug-likeness (QED) is 0.0461. The van der Waals surface area contributed by atoms with Crippen molar-refractivity contribution in [2.75, 3.05) is 6.54 Å². The smallest absolute Gasteiger partial charge is 0.243 e. The molecule has 0 spiro atoms. The average Bonchev–Trinajstić information content (AvgIpc) is 3.98. The predicted octanol–water partition coefficient (Wildman–Crippen LogP) is 9.67. The number of allylic oxidation sites excluding steroid dienone is 3. The van der Waals surface area contributed by atoms with Gasteiger partial charge >= 0.3 is 0 Å². The Balaban J connectivity index is 1.09. The second-order valence-corrected chi connectivity index (χ2v) is 16.0. The maximum absolute atomic E-state index is 14.4. The Hall–Kier alpha value is -4.98. The van der Waals surface area contributed by atoms with Gasteiger partial charge in [-0.1, -0.05) is 95.5 Å². The lowest BCUT2D eigenvalue weighted by Crippen LogP contribution is -2.31. The van der Waals surface area contributed by atoms with Crippen molar-refractivity contribution < 1.29 is 23.6 Å². The molecule has 1 N–H and O–H groups in total. The molecule has 56 heavy (non-hydrogen) atoms. The Labute approximate surface area is 333 Å². The number of carbonyl (C=O) groups is 1. The molecule has 8 nitrogen and oxygen atoms in total. The van der Waals surface area contributed by atoms with Gasteiger partial charge in [0.2, 0.25) is 24.1 Å². The monoisotopic (exact) mass is 755 g/mol. The van der Waals surface area contributed by atoms with Crippen LogP contribution in [0.1, 0.15) is 115 Å². The van der Waals surface area contributed by atoms with Gasteiger partial charge in [0.05, 0.1) is 41.9 Å². The Kier molecular flexibility index (Phi) is 12.8. The van der Waals surface area contributed by atoms with E-state index in [2.05, 4.69) is 129 Å². The molecule has 7 rings (SSSR count). The topological polar surface area (TPSA) is 62.9 Å². The molecule has 1 aliphatic heterocycles. The van der Waals surface area contributed by atoms with Crippen molar-refractivity contribution in [2.24, 2.45) is 0 Å². The molecule has 0 saturated heterocycles. The molecule has 2 aliphatic rings. The molecule has 0 atom stereocenters. The average molecular weight is 756 g/mol. The first kappa shape index (κ1) is 39.3. The zero-order valence-electron chi connectivity index (χ0n) is 34.3. The summed E-state index contributed by atoms with van der Waals surface area (Å²) < 4.78 is 13.7. The number of unbranched alkanes of at least 4 members (excludes halogenated alkanes) is 10. The van der Waals surface area contributed by atoms with Gasteiger partial charge in [-0.3, -0.25) is 4.79 Å². The van der Waals surface area contributed by atoms with E-state index in [1.54, 1.807) is 0 Å². The van der Waals surface area contributed by atoms with Crippen LogP contribution in [0.5, 0.6) is 0 Å². The highest BCUT2D eigenvalue weighted by Crippen LogP contribution is 2.47. The first-order chi connectivity index (χ1) is 27.4. The molecule has 0 amide bonds. The van der Waals surface area contributed by atoms with E-state index in [1.165, 1.54) is 77.0 Å². The fraction of sp³-hybridized carbons (Fsp3) is 0.458. The number of ketones is 1. The molecule has 5 aromatic rings. The van der Waals surface area contributed by atoms with E-state index in [0.717, 1.165) is 84.0 Å². The van der Waals surface area contributed by atoms with Gasteiger partial charge in [-0.2, -0.15) is 4.58 Å². The van der Waals surface area contributed by atoms with Crippen molar-refractivity contribution in [1.29, 1.82) is 0 Å². The van der Waals surface area contributed by atoms with Crippen LogP contribution >= 0.6 is 0 Å². The molecular formula is C48H63N6O2+3. The summed E-state index contributed by atoms with van der Waals surface area (Å²) in [6.45, 7) is 14.0. The molecule has 1 aliphatic carbocycles. The number of rotatable bonds is 21. The number of carbonyl (C=O) groups excluding carboxylic acids is 1. The standard InChI is InChI=1S/C48H62N6O2/c1-5-7-9-11-13-19-25-49-27-29-51(35-49)31-33-53-37(3)43(39-21-15-17-23-41(39)53)45-47(55)46(48(45)56)44-38(4)54(42-24-18-16-22-40(42)44)34-32-52-30-28-50(36-52)26-20-14-12-10-8-6-2/h15-18,21-24,27-30,35-36H,5-14,19-20,25-26,31-34H2,1-4H3/q+2/p+1. The van der Waals surface area contributed by atoms with Crippen LogP contribution < -0.4 is 9.13 Å². The zero-order chi connectivity index (χ0) is 39.0. The number of aromatic nitrogens is 5. The molecule has 0 radical (unpaired) electrons. The highest BCUT2D eigenvalue weighted by atomic mass is 16.3. The number of imidazole rings is 2. The molecule has 3 aromatic heterocycles. The predicted molar refractivity (Wildman–Crippen MR) is 226 cm³/mol. The third-order valence-corrected chi connectivity index (χ3v) is 12.1. The summed E-state index contributed by atoms with van der Waals surface area (Å²) in [5.41, 5.74) is 7.75. The van der Waals surface area contributed by atoms with Crippen molar-refractivity contribution in [3.8, 4) is 0 Å². The molecular weight excluding hydrogens is 693 g/mol. The van der Waals surface area contributed by atoms with Gasteiger partial charge in [-0.05, 0) is 44.7 Å². The number of nitrogens with zero attached hydrogens (tertiary/aromatic N) is 6. The lowest BCUT2D eigenvalue weighted by Gasteiger charge is -2.23. The minimum absolute atomic E-state index is 0.0817. The van der Waals surface area contributed by atoms with E-state index in [0.29, 0.717) is 11.1 Å². The van der Waals surface area contributed by atoms with E-state index in [1.807, 2.05) is 12.1 Å². The third kappa shape index (κ3) is 8.25. The van der Waals surface area contributed by atoms with Gasteiger partial charge in [0.1, 0.15) is 43.6 Å². The number of Topliss-reactive ketones (excluding diaryl/α,β-unsaturated/α-hetero) is 1. The minimum Gasteiger partial charge on any atom is -0.506 e. The van der Waals surface area contributed by atoms with Crippen molar-refractivity contribution >= 4 is 39.2 Å². The molecule has 0 bridgehead atoms. The second kappa shape index (κ2) is 18.3. The molecule has 0 unspecified atom stereocenters. The van der Waals surface area contributed by atoms with E-state index >= 15 is 0 Å². The minimum atomic E-state index is -0.0817. The number of fused-ring (bicyclic) bond motifs is 2. The van der Waals surface area contributed by atoms with Crippen LogP contribution in [0.3, 0.4) is 0 Å². The maximum Gasteiger partial charge on any atom is 0.243 e. The summed E-state index contributed by atoms with van der Waals surface area (Å²) in [6, 6.07) is 16.6. The Morgan fingerprint density at radius 3 is 1.88 bits per heavy atom. The molecule has 2 aromatic carbocycles. The first-order valence-electron chi connectivity index (χ1n) is 21.5. The van der Waals surface area contributed by atoms with Crippen LogP contribution in [-0.2, 0) is 37.5 Å². The molecule has 294 valence electrons. The van der Waals surface area contributed by atoms with Crippen LogP contribution in [0.25, 0.3) is 22.0 Å². The highest BCUT2D eigenvalue weighted by molar-refractivity contribution is 6.47. The van der Waals surface area contributed by atoms with Crippen LogP contribution in [0.2, 0.25) is 0 Å². The van der Waals surface area contributed by atoms with Gasteiger partial charge in [0.25, 0.3) is 0 Å². The van der Waals surface area contributed by atoms with Gasteiger partial charge < -0.3 is 9.67 Å². The molecule has 4 heterocycles. The van der Waals surface area contributed by atoms with E-state index < -0.39 is 0 Å². The Morgan fingerprint density at radius 1 is 0.625 bits per heavy atom. The molecule has 0 fully saturated rings. The van der Waals surface area contributed by atoms with E-state index in [4.69, 9.17) is 0 Å². The molecule has 8 heteroatoms. The van der Waals surface area contributed by atoms with Crippen molar-refractivity contribution in [3.05, 3.63) is 114 Å². The zero-order valence-corrected chi connectivity index (χ0v) is 34.3. The second-order valence-electron chi connectivity index (χ2n) is 16.0. The first-order valence-corrected chi connectivity index (χ1v) is 21.5. The summed E-state index contributed by atoms with van der Waals surface area (Å²) in [7, 11) is 0. The number of aliphatic hydroxyl groups excluding tert-OH is 1. The summed E-state index contributed by atoms with van der Waals surface area (Å²) in [6.07, 6.45) is 28.7. The summed E-state index contributed by atoms with van der Waals surface area (Å²) in [4.78, 5) is 14.4. The van der Waals surface area contributed by atoms with Crippen LogP contribution in [-0.4, -0.2) is 41.4 Å². The number of aliphatic hydroxyl groups is 1. The summed E-state index contributed by atoms with van der Waals surface area (Å²) in [5.74, 6) is 0.0242. The Morgan fingerprint density at radius 2 is 1.21 bits per heavy atom. The number of aryl methyl sites for hydroxylation is 4. The van der Waals surface area contributed by atoms with Crippen molar-refractivity contribution in [3.63, 3.8) is 0 Å².